The molecule has 166 valence electrons. The minimum absolute atomic E-state index is 0.0472. The van der Waals surface area contributed by atoms with E-state index in [2.05, 4.69) is 15.0 Å². The Morgan fingerprint density at radius 2 is 1.97 bits per heavy atom. The molecular weight excluding hydrogens is 414 g/mol. The van der Waals surface area contributed by atoms with Gasteiger partial charge in [0.15, 0.2) is 11.6 Å². The van der Waals surface area contributed by atoms with Crippen LogP contribution in [0.3, 0.4) is 0 Å². The van der Waals surface area contributed by atoms with Gasteiger partial charge in [-0.05, 0) is 50.5 Å². The molecule has 1 N–H and O–H groups in total. The van der Waals surface area contributed by atoms with E-state index in [4.69, 9.17) is 0 Å². The molecule has 0 radical (unpaired) electrons. The van der Waals surface area contributed by atoms with Crippen molar-refractivity contribution >= 4 is 17.3 Å². The van der Waals surface area contributed by atoms with Crippen molar-refractivity contribution in [3.63, 3.8) is 0 Å². The summed E-state index contributed by atoms with van der Waals surface area (Å²) in [5.74, 6) is -3.98. The summed E-state index contributed by atoms with van der Waals surface area (Å²) in [6, 6.07) is 4.72. The zero-order chi connectivity index (χ0) is 22.2. The van der Waals surface area contributed by atoms with Gasteiger partial charge in [0.2, 0.25) is 11.7 Å². The van der Waals surface area contributed by atoms with Crippen LogP contribution in [0, 0.1) is 24.0 Å². The summed E-state index contributed by atoms with van der Waals surface area (Å²) in [5.41, 5.74) is 0.879. The Kier molecular flexibility index (Phi) is 5.77. The van der Waals surface area contributed by atoms with E-state index in [9.17, 15) is 22.4 Å². The maximum atomic E-state index is 14.4. The number of aromatic nitrogens is 1. The monoisotopic (exact) mass is 437 g/mol. The third-order valence-corrected chi connectivity index (χ3v) is 6.30. The highest BCUT2D eigenvalue weighted by Gasteiger charge is 2.53. The molecule has 2 aliphatic rings. The number of alkyl halides is 2. The van der Waals surface area contributed by atoms with Gasteiger partial charge in [-0.2, -0.15) is 13.2 Å². The Morgan fingerprint density at radius 3 is 2.65 bits per heavy atom. The van der Waals surface area contributed by atoms with Crippen LogP contribution >= 0.6 is 0 Å². The maximum absolute atomic E-state index is 14.4. The number of ether oxygens (including phenoxy) is 1. The van der Waals surface area contributed by atoms with Crippen molar-refractivity contribution in [2.45, 2.75) is 51.7 Å². The number of nitrogens with one attached hydrogen (secondary N) is 1. The third-order valence-electron chi connectivity index (χ3n) is 6.30. The molecule has 1 saturated heterocycles. The Bertz CT molecular complexity index is 979. The number of anilines is 2. The van der Waals surface area contributed by atoms with Crippen molar-refractivity contribution in [2.75, 3.05) is 16.8 Å². The van der Waals surface area contributed by atoms with Crippen LogP contribution in [-0.2, 0) is 4.79 Å². The Labute approximate surface area is 177 Å². The number of rotatable bonds is 5. The first-order valence-corrected chi connectivity index (χ1v) is 10.2. The number of benzene rings is 1. The van der Waals surface area contributed by atoms with Crippen LogP contribution in [0.25, 0.3) is 0 Å². The largest absolute Gasteiger partial charge is 0.429 e. The van der Waals surface area contributed by atoms with Crippen LogP contribution in [-0.4, -0.2) is 30.1 Å². The molecule has 0 bridgehead atoms. The van der Waals surface area contributed by atoms with Crippen LogP contribution in [0.5, 0.6) is 5.75 Å². The van der Waals surface area contributed by atoms with Gasteiger partial charge < -0.3 is 15.0 Å². The number of amides is 1. The number of carbonyl (C=O) groups excluding carboxylic acids is 1. The molecule has 4 rings (SSSR count). The summed E-state index contributed by atoms with van der Waals surface area (Å²) < 4.78 is 58.4. The topological polar surface area (TPSA) is 54.5 Å². The lowest BCUT2D eigenvalue weighted by atomic mass is 9.78. The number of nitrogens with zero attached hydrogens (tertiary/aromatic N) is 2. The smallest absolute Gasteiger partial charge is 0.387 e. The molecule has 1 aliphatic carbocycles. The Hall–Kier alpha value is -2.84. The molecule has 1 amide bonds. The molecule has 2 aromatic rings. The number of hydrogen-bond donors (Lipinski definition) is 1. The summed E-state index contributed by atoms with van der Waals surface area (Å²) in [4.78, 5) is 19.1. The van der Waals surface area contributed by atoms with Gasteiger partial charge in [0, 0.05) is 29.5 Å². The normalized spacial score (nSPS) is 19.9. The standard InChI is InChI=1S/C22H23F4N3O2/c1-13-12-14(6-10-27-13)28-20(30)19-22(7-2-3-8-22)9-11-29(19)16-5-4-15(23)17(24)18(16)31-21(25)26/h4-6,10,12,19,21H,2-3,7-9,11H2,1H3,(H,27,28,30). The average Bonchev–Trinajstić information content (AvgIpc) is 3.33. The molecule has 1 atom stereocenters. The predicted molar refractivity (Wildman–Crippen MR) is 107 cm³/mol. The molecule has 1 aromatic heterocycles. The second kappa shape index (κ2) is 8.36. The molecule has 1 unspecified atom stereocenters. The van der Waals surface area contributed by atoms with E-state index >= 15 is 0 Å². The number of hydrogen-bond acceptors (Lipinski definition) is 4. The van der Waals surface area contributed by atoms with E-state index in [1.54, 1.807) is 30.2 Å². The fourth-order valence-electron chi connectivity index (χ4n) is 5.00. The first kappa shape index (κ1) is 21.4. The highest BCUT2D eigenvalue weighted by molar-refractivity contribution is 5.98. The van der Waals surface area contributed by atoms with Gasteiger partial charge in [-0.25, -0.2) is 4.39 Å². The summed E-state index contributed by atoms with van der Waals surface area (Å²) in [6.07, 6.45) is 5.71. The predicted octanol–water partition coefficient (Wildman–Crippen LogP) is 5.05. The maximum Gasteiger partial charge on any atom is 0.387 e. The zero-order valence-electron chi connectivity index (χ0n) is 17.0. The molecule has 2 fully saturated rings. The van der Waals surface area contributed by atoms with Crippen molar-refractivity contribution in [1.82, 2.24) is 4.98 Å². The summed E-state index contributed by atoms with van der Waals surface area (Å²) >= 11 is 0. The van der Waals surface area contributed by atoms with Gasteiger partial charge in [-0.3, -0.25) is 9.78 Å². The molecule has 1 aliphatic heterocycles. The van der Waals surface area contributed by atoms with Gasteiger partial charge in [0.25, 0.3) is 0 Å². The van der Waals surface area contributed by atoms with Crippen molar-refractivity contribution in [1.29, 1.82) is 0 Å². The fourth-order valence-corrected chi connectivity index (χ4v) is 5.00. The average molecular weight is 437 g/mol. The van der Waals surface area contributed by atoms with Crippen LogP contribution in [0.15, 0.2) is 30.5 Å². The summed E-state index contributed by atoms with van der Waals surface area (Å²) in [6.45, 7) is -1.19. The van der Waals surface area contributed by atoms with Gasteiger partial charge in [-0.1, -0.05) is 12.8 Å². The number of halogens is 4. The first-order valence-electron chi connectivity index (χ1n) is 10.2. The van der Waals surface area contributed by atoms with Crippen molar-refractivity contribution in [2.24, 2.45) is 5.41 Å². The highest BCUT2D eigenvalue weighted by atomic mass is 19.3. The van der Waals surface area contributed by atoms with Gasteiger partial charge >= 0.3 is 6.61 Å². The Morgan fingerprint density at radius 1 is 1.23 bits per heavy atom. The van der Waals surface area contributed by atoms with E-state index in [1.165, 1.54) is 6.07 Å². The van der Waals surface area contributed by atoms with Gasteiger partial charge in [0.05, 0.1) is 5.69 Å². The van der Waals surface area contributed by atoms with Crippen molar-refractivity contribution < 1.29 is 27.1 Å². The van der Waals surface area contributed by atoms with Crippen molar-refractivity contribution in [3.05, 3.63) is 47.8 Å². The summed E-state index contributed by atoms with van der Waals surface area (Å²) in [5, 5.41) is 2.88. The number of aryl methyl sites for hydroxylation is 1. The second-order valence-electron chi connectivity index (χ2n) is 8.18. The van der Waals surface area contributed by atoms with E-state index in [1.807, 2.05) is 0 Å². The van der Waals surface area contributed by atoms with E-state index in [-0.39, 0.29) is 17.0 Å². The SMILES string of the molecule is Cc1cc(NC(=O)C2N(c3ccc(F)c(F)c3OC(F)F)CCC23CCCC3)ccn1. The third kappa shape index (κ3) is 4.05. The van der Waals surface area contributed by atoms with E-state index in [0.29, 0.717) is 18.7 Å². The fraction of sp³-hybridized carbons (Fsp3) is 0.455. The lowest BCUT2D eigenvalue weighted by Gasteiger charge is -2.35. The van der Waals surface area contributed by atoms with Gasteiger partial charge in [-0.15, -0.1) is 0 Å². The lowest BCUT2D eigenvalue weighted by Crippen LogP contribution is -2.48. The number of carbonyl (C=O) groups is 1. The van der Waals surface area contributed by atoms with Crippen LogP contribution < -0.4 is 15.0 Å². The molecular formula is C22H23F4N3O2. The summed E-state index contributed by atoms with van der Waals surface area (Å²) in [7, 11) is 0. The zero-order valence-corrected chi connectivity index (χ0v) is 17.0. The minimum atomic E-state index is -3.33. The molecule has 2 heterocycles. The minimum Gasteiger partial charge on any atom is -0.429 e. The quantitative estimate of drug-likeness (QED) is 0.666. The van der Waals surface area contributed by atoms with Crippen LogP contribution in [0.1, 0.15) is 37.8 Å². The lowest BCUT2D eigenvalue weighted by molar-refractivity contribution is -0.119. The molecule has 31 heavy (non-hydrogen) atoms. The van der Waals surface area contributed by atoms with E-state index < -0.39 is 30.0 Å². The molecule has 1 saturated carbocycles. The van der Waals surface area contributed by atoms with Crippen molar-refractivity contribution in [3.8, 4) is 5.75 Å². The molecule has 1 aromatic carbocycles. The highest BCUT2D eigenvalue weighted by Crippen LogP contribution is 2.52. The number of pyridine rings is 1. The Balaban J connectivity index is 1.73. The van der Waals surface area contributed by atoms with Gasteiger partial charge in [0.1, 0.15) is 6.04 Å². The first-order chi connectivity index (χ1) is 14.8. The van der Waals surface area contributed by atoms with Crippen LogP contribution in [0.4, 0.5) is 28.9 Å². The molecule has 9 heteroatoms. The molecule has 1 spiro atoms. The van der Waals surface area contributed by atoms with Crippen LogP contribution in [0.2, 0.25) is 0 Å². The molecule has 5 nitrogen and oxygen atoms in total. The van der Waals surface area contributed by atoms with E-state index in [0.717, 1.165) is 37.4 Å². The second-order valence-corrected chi connectivity index (χ2v) is 8.18.